The number of hydrogen-bond acceptors (Lipinski definition) is 6. The molecule has 1 aliphatic rings. The molecule has 0 aliphatic carbocycles. The third-order valence-electron chi connectivity index (χ3n) is 4.29. The smallest absolute Gasteiger partial charge is 0.339 e. The maximum absolute atomic E-state index is 11.7. The van der Waals surface area contributed by atoms with Crippen LogP contribution in [0.4, 0.5) is 5.82 Å². The molecule has 0 bridgehead atoms. The van der Waals surface area contributed by atoms with E-state index in [-0.39, 0.29) is 5.97 Å². The Balaban J connectivity index is 1.54. The zero-order chi connectivity index (χ0) is 17.6. The zero-order valence-electron chi connectivity index (χ0n) is 14.8. The summed E-state index contributed by atoms with van der Waals surface area (Å²) in [6.45, 7) is 8.98. The Labute approximate surface area is 148 Å². The number of hydrogen-bond donors (Lipinski definition) is 0. The molecule has 6 heteroatoms. The van der Waals surface area contributed by atoms with Gasteiger partial charge in [-0.2, -0.15) is 0 Å². The minimum atomic E-state index is -0.321. The van der Waals surface area contributed by atoms with Crippen molar-refractivity contribution in [2.45, 2.75) is 20.4 Å². The average molecular weight is 340 g/mol. The van der Waals surface area contributed by atoms with E-state index in [0.717, 1.165) is 38.5 Å². The van der Waals surface area contributed by atoms with Crippen molar-refractivity contribution in [3.05, 3.63) is 53.5 Å². The van der Waals surface area contributed by atoms with Gasteiger partial charge in [0.1, 0.15) is 5.82 Å². The molecule has 2 aromatic rings. The van der Waals surface area contributed by atoms with Gasteiger partial charge in [0.05, 0.1) is 12.2 Å². The summed E-state index contributed by atoms with van der Waals surface area (Å²) in [5.41, 5.74) is 2.95. The molecule has 1 saturated heterocycles. The molecule has 0 saturated carbocycles. The largest absolute Gasteiger partial charge is 0.462 e. The van der Waals surface area contributed by atoms with Gasteiger partial charge >= 0.3 is 5.97 Å². The third kappa shape index (κ3) is 4.54. The van der Waals surface area contributed by atoms with Crippen molar-refractivity contribution < 1.29 is 9.53 Å². The van der Waals surface area contributed by atoms with Crippen LogP contribution < -0.4 is 4.90 Å². The van der Waals surface area contributed by atoms with E-state index in [1.54, 1.807) is 19.2 Å². The molecule has 0 radical (unpaired) electrons. The number of pyridine rings is 2. The molecule has 0 spiro atoms. The Morgan fingerprint density at radius 1 is 1.16 bits per heavy atom. The SMILES string of the molecule is CCOC(=O)c1ccc(N2CCN(Cc3cncc(C)c3)CC2)nc1. The highest BCUT2D eigenvalue weighted by molar-refractivity contribution is 5.89. The first kappa shape index (κ1) is 17.4. The van der Waals surface area contributed by atoms with Crippen molar-refractivity contribution in [3.63, 3.8) is 0 Å². The van der Waals surface area contributed by atoms with Crippen molar-refractivity contribution in [2.75, 3.05) is 37.7 Å². The van der Waals surface area contributed by atoms with E-state index in [1.165, 1.54) is 11.1 Å². The van der Waals surface area contributed by atoms with Gasteiger partial charge in [0.2, 0.25) is 0 Å². The minimum Gasteiger partial charge on any atom is -0.462 e. The van der Waals surface area contributed by atoms with Crippen molar-refractivity contribution in [1.29, 1.82) is 0 Å². The Hall–Kier alpha value is -2.47. The topological polar surface area (TPSA) is 58.6 Å². The van der Waals surface area contributed by atoms with E-state index in [9.17, 15) is 4.79 Å². The summed E-state index contributed by atoms with van der Waals surface area (Å²) in [7, 11) is 0. The molecule has 25 heavy (non-hydrogen) atoms. The summed E-state index contributed by atoms with van der Waals surface area (Å²) in [5.74, 6) is 0.586. The second kappa shape index (κ2) is 8.07. The van der Waals surface area contributed by atoms with Crippen molar-refractivity contribution in [1.82, 2.24) is 14.9 Å². The van der Waals surface area contributed by atoms with Crippen LogP contribution in [-0.2, 0) is 11.3 Å². The van der Waals surface area contributed by atoms with Crippen LogP contribution in [-0.4, -0.2) is 53.6 Å². The van der Waals surface area contributed by atoms with Gasteiger partial charge in [0, 0.05) is 51.3 Å². The molecule has 0 unspecified atom stereocenters. The summed E-state index contributed by atoms with van der Waals surface area (Å²) < 4.78 is 4.99. The van der Waals surface area contributed by atoms with Crippen LogP contribution in [0.25, 0.3) is 0 Å². The lowest BCUT2D eigenvalue weighted by Crippen LogP contribution is -2.46. The van der Waals surface area contributed by atoms with Crippen molar-refractivity contribution in [3.8, 4) is 0 Å². The normalized spacial score (nSPS) is 15.2. The van der Waals surface area contributed by atoms with Crippen LogP contribution in [0.2, 0.25) is 0 Å². The number of esters is 1. The molecule has 2 aromatic heterocycles. The van der Waals surface area contributed by atoms with Crippen LogP contribution in [0.1, 0.15) is 28.4 Å². The maximum Gasteiger partial charge on any atom is 0.339 e. The van der Waals surface area contributed by atoms with Gasteiger partial charge in [-0.1, -0.05) is 6.07 Å². The number of nitrogens with zero attached hydrogens (tertiary/aromatic N) is 4. The van der Waals surface area contributed by atoms with Crippen LogP contribution >= 0.6 is 0 Å². The molecular weight excluding hydrogens is 316 g/mol. The Morgan fingerprint density at radius 3 is 2.60 bits per heavy atom. The molecule has 0 N–H and O–H groups in total. The standard InChI is InChI=1S/C19H24N4O2/c1-3-25-19(24)17-4-5-18(21-13-17)23-8-6-22(7-9-23)14-16-10-15(2)11-20-12-16/h4-5,10-13H,3,6-9,14H2,1-2H3. The third-order valence-corrected chi connectivity index (χ3v) is 4.29. The predicted molar refractivity (Wildman–Crippen MR) is 96.7 cm³/mol. The fourth-order valence-electron chi connectivity index (χ4n) is 3.01. The molecule has 1 fully saturated rings. The zero-order valence-corrected chi connectivity index (χ0v) is 14.8. The molecule has 132 valence electrons. The Morgan fingerprint density at radius 2 is 1.96 bits per heavy atom. The first-order valence-corrected chi connectivity index (χ1v) is 8.66. The lowest BCUT2D eigenvalue weighted by atomic mass is 10.2. The maximum atomic E-state index is 11.7. The Bertz CT molecular complexity index is 710. The number of carbonyl (C=O) groups is 1. The number of aryl methyl sites for hydroxylation is 1. The number of ether oxygens (including phenoxy) is 1. The van der Waals surface area contributed by atoms with Gasteiger partial charge < -0.3 is 9.64 Å². The van der Waals surface area contributed by atoms with Gasteiger partial charge in [0.15, 0.2) is 0 Å². The monoisotopic (exact) mass is 340 g/mol. The van der Waals surface area contributed by atoms with Crippen molar-refractivity contribution in [2.24, 2.45) is 0 Å². The van der Waals surface area contributed by atoms with Gasteiger partial charge in [-0.3, -0.25) is 9.88 Å². The molecule has 0 aromatic carbocycles. The van der Waals surface area contributed by atoms with Crippen LogP contribution in [0, 0.1) is 6.92 Å². The number of carbonyl (C=O) groups excluding carboxylic acids is 1. The van der Waals surface area contributed by atoms with Crippen LogP contribution in [0.3, 0.4) is 0 Å². The van der Waals surface area contributed by atoms with Crippen molar-refractivity contribution >= 4 is 11.8 Å². The first-order chi connectivity index (χ1) is 12.2. The molecular formula is C19H24N4O2. The first-order valence-electron chi connectivity index (χ1n) is 8.66. The second-order valence-corrected chi connectivity index (χ2v) is 6.26. The van der Waals surface area contributed by atoms with E-state index in [0.29, 0.717) is 12.2 Å². The lowest BCUT2D eigenvalue weighted by Gasteiger charge is -2.35. The van der Waals surface area contributed by atoms with E-state index in [4.69, 9.17) is 4.74 Å². The van der Waals surface area contributed by atoms with Gasteiger partial charge in [-0.05, 0) is 37.1 Å². The van der Waals surface area contributed by atoms with E-state index >= 15 is 0 Å². The van der Waals surface area contributed by atoms with E-state index < -0.39 is 0 Å². The van der Waals surface area contributed by atoms with E-state index in [1.807, 2.05) is 18.5 Å². The number of rotatable bonds is 5. The van der Waals surface area contributed by atoms with Gasteiger partial charge in [-0.15, -0.1) is 0 Å². The highest BCUT2D eigenvalue weighted by atomic mass is 16.5. The molecule has 3 heterocycles. The Kier molecular flexibility index (Phi) is 5.60. The second-order valence-electron chi connectivity index (χ2n) is 6.26. The fraction of sp³-hybridized carbons (Fsp3) is 0.421. The quantitative estimate of drug-likeness (QED) is 0.779. The lowest BCUT2D eigenvalue weighted by molar-refractivity contribution is 0.0526. The summed E-state index contributed by atoms with van der Waals surface area (Å²) in [6.07, 6.45) is 5.42. The molecule has 0 amide bonds. The molecule has 3 rings (SSSR count). The molecule has 1 aliphatic heterocycles. The molecule has 0 atom stereocenters. The summed E-state index contributed by atoms with van der Waals surface area (Å²) >= 11 is 0. The van der Waals surface area contributed by atoms with Crippen LogP contribution in [0.15, 0.2) is 36.8 Å². The van der Waals surface area contributed by atoms with Crippen LogP contribution in [0.5, 0.6) is 0 Å². The van der Waals surface area contributed by atoms with Gasteiger partial charge in [0.25, 0.3) is 0 Å². The highest BCUT2D eigenvalue weighted by Crippen LogP contribution is 2.16. The predicted octanol–water partition coefficient (Wildman–Crippen LogP) is 2.28. The summed E-state index contributed by atoms with van der Waals surface area (Å²) in [6, 6.07) is 5.87. The minimum absolute atomic E-state index is 0.321. The number of anilines is 1. The number of aromatic nitrogens is 2. The average Bonchev–Trinajstić information content (AvgIpc) is 2.63. The highest BCUT2D eigenvalue weighted by Gasteiger charge is 2.18. The fourth-order valence-corrected chi connectivity index (χ4v) is 3.01. The number of piperazine rings is 1. The molecule has 6 nitrogen and oxygen atoms in total. The summed E-state index contributed by atoms with van der Waals surface area (Å²) in [5, 5.41) is 0. The summed E-state index contributed by atoms with van der Waals surface area (Å²) in [4.78, 5) is 25.1. The van der Waals surface area contributed by atoms with E-state index in [2.05, 4.69) is 32.8 Å². The van der Waals surface area contributed by atoms with Gasteiger partial charge in [-0.25, -0.2) is 9.78 Å².